The van der Waals surface area contributed by atoms with Gasteiger partial charge in [-0.05, 0) is 23.3 Å². The summed E-state index contributed by atoms with van der Waals surface area (Å²) in [6.45, 7) is 3.89. The molecule has 0 saturated heterocycles. The largest absolute Gasteiger partial charge is 0.370 e. The fourth-order valence-electron chi connectivity index (χ4n) is 0.987. The summed E-state index contributed by atoms with van der Waals surface area (Å²) in [5.74, 6) is 4.23. The minimum absolute atomic E-state index is 0.442. The molecule has 14 heavy (non-hydrogen) atoms. The molecule has 2 N–H and O–H groups in total. The highest BCUT2D eigenvalue weighted by molar-refractivity contribution is 14.1. The van der Waals surface area contributed by atoms with Crippen molar-refractivity contribution in [3.63, 3.8) is 0 Å². The second-order valence-electron chi connectivity index (χ2n) is 2.72. The predicted octanol–water partition coefficient (Wildman–Crippen LogP) is 2.17. The molecule has 0 aliphatic rings. The number of carbonyl (C=O) groups is 1. The molecule has 0 bridgehead atoms. The number of rotatable bonds is 3. The molecule has 0 aromatic heterocycles. The summed E-state index contributed by atoms with van der Waals surface area (Å²) in [6, 6.07) is 6.99. The van der Waals surface area contributed by atoms with Gasteiger partial charge >= 0.3 is 5.97 Å². The molecule has 1 rings (SSSR count). The van der Waals surface area contributed by atoms with Crippen molar-refractivity contribution in [1.82, 2.24) is 0 Å². The van der Waals surface area contributed by atoms with E-state index in [1.54, 1.807) is 12.1 Å². The molecule has 0 atom stereocenters. The Kier molecular flexibility index (Phi) is 4.09. The first-order valence-electron chi connectivity index (χ1n) is 3.94. The Bertz CT molecular complexity index is 311. The number of allylic oxidation sites excluding steroid dienone is 1. The average molecular weight is 303 g/mol. The third kappa shape index (κ3) is 2.55. The first-order chi connectivity index (χ1) is 6.69. The molecule has 0 aliphatic heterocycles. The molecule has 0 heterocycles. The molecular weight excluding hydrogens is 293 g/mol. The number of benzene rings is 1. The van der Waals surface area contributed by atoms with Crippen molar-refractivity contribution in [3.8, 4) is 0 Å². The maximum Gasteiger partial charge on any atom is 0.356 e. The first kappa shape index (κ1) is 11.2. The highest BCUT2D eigenvalue weighted by Gasteiger charge is 2.05. The third-order valence-corrected chi connectivity index (χ3v) is 2.72. The van der Waals surface area contributed by atoms with Crippen LogP contribution in [0, 0.1) is 0 Å². The smallest absolute Gasteiger partial charge is 0.356 e. The third-order valence-electron chi connectivity index (χ3n) is 1.80. The van der Waals surface area contributed by atoms with E-state index in [9.17, 15) is 4.79 Å². The second-order valence-corrected chi connectivity index (χ2v) is 3.48. The van der Waals surface area contributed by atoms with Gasteiger partial charge in [-0.1, -0.05) is 41.3 Å². The monoisotopic (exact) mass is 303 g/mol. The lowest BCUT2D eigenvalue weighted by Gasteiger charge is -2.02. The molecule has 0 unspecified atom stereocenters. The SMILES string of the molecule is C=C(CI)c1ccc(C(=O)ON)cc1. The second kappa shape index (κ2) is 5.11. The lowest BCUT2D eigenvalue weighted by Crippen LogP contribution is -2.09. The van der Waals surface area contributed by atoms with Gasteiger partial charge in [0.15, 0.2) is 0 Å². The number of halogens is 1. The van der Waals surface area contributed by atoms with E-state index in [2.05, 4.69) is 34.0 Å². The highest BCUT2D eigenvalue weighted by Crippen LogP contribution is 2.15. The Morgan fingerprint density at radius 1 is 1.36 bits per heavy atom. The van der Waals surface area contributed by atoms with Crippen molar-refractivity contribution in [2.45, 2.75) is 0 Å². The zero-order chi connectivity index (χ0) is 10.6. The van der Waals surface area contributed by atoms with Crippen LogP contribution in [0.25, 0.3) is 5.57 Å². The Morgan fingerprint density at radius 2 is 1.86 bits per heavy atom. The lowest BCUT2D eigenvalue weighted by molar-refractivity contribution is 0.0503. The van der Waals surface area contributed by atoms with Crippen LogP contribution < -0.4 is 5.90 Å². The number of nitrogens with two attached hydrogens (primary N) is 1. The summed E-state index contributed by atoms with van der Waals surface area (Å²) < 4.78 is 0.860. The van der Waals surface area contributed by atoms with E-state index < -0.39 is 5.97 Å². The molecule has 0 spiro atoms. The van der Waals surface area contributed by atoms with Gasteiger partial charge in [0.05, 0.1) is 5.56 Å². The van der Waals surface area contributed by atoms with Crippen LogP contribution in [0.1, 0.15) is 15.9 Å². The molecule has 0 radical (unpaired) electrons. The summed E-state index contributed by atoms with van der Waals surface area (Å²) in [6.07, 6.45) is 0. The van der Waals surface area contributed by atoms with Gasteiger partial charge in [-0.15, -0.1) is 0 Å². The number of carbonyl (C=O) groups excluding carboxylic acids is 1. The van der Waals surface area contributed by atoms with Crippen molar-refractivity contribution >= 4 is 34.1 Å². The Labute approximate surface area is 96.0 Å². The van der Waals surface area contributed by atoms with Crippen LogP contribution in [0.5, 0.6) is 0 Å². The van der Waals surface area contributed by atoms with Gasteiger partial charge in [-0.2, -0.15) is 5.90 Å². The van der Waals surface area contributed by atoms with Gasteiger partial charge in [0.2, 0.25) is 0 Å². The quantitative estimate of drug-likeness (QED) is 0.529. The van der Waals surface area contributed by atoms with Crippen LogP contribution in [-0.2, 0) is 4.84 Å². The maximum absolute atomic E-state index is 11.0. The molecular formula is C10H10INO2. The van der Waals surface area contributed by atoms with Gasteiger partial charge in [0.25, 0.3) is 0 Å². The van der Waals surface area contributed by atoms with Crippen LogP contribution in [-0.4, -0.2) is 10.4 Å². The van der Waals surface area contributed by atoms with E-state index in [0.29, 0.717) is 5.56 Å². The topological polar surface area (TPSA) is 52.3 Å². The van der Waals surface area contributed by atoms with Gasteiger partial charge in [-0.25, -0.2) is 4.79 Å². The van der Waals surface area contributed by atoms with Gasteiger partial charge in [0, 0.05) is 4.43 Å². The molecule has 4 heteroatoms. The van der Waals surface area contributed by atoms with Gasteiger partial charge < -0.3 is 4.84 Å². The van der Waals surface area contributed by atoms with Crippen LogP contribution in [0.4, 0.5) is 0 Å². The number of hydrogen-bond donors (Lipinski definition) is 1. The molecule has 74 valence electrons. The summed E-state index contributed by atoms with van der Waals surface area (Å²) in [4.78, 5) is 15.1. The van der Waals surface area contributed by atoms with Gasteiger partial charge in [0.1, 0.15) is 0 Å². The molecule has 3 nitrogen and oxygen atoms in total. The Hall–Kier alpha value is -0.880. The van der Waals surface area contributed by atoms with Crippen molar-refractivity contribution in [3.05, 3.63) is 42.0 Å². The molecule has 0 saturated carbocycles. The normalized spacial score (nSPS) is 9.57. The van der Waals surface area contributed by atoms with Crippen molar-refractivity contribution in [2.75, 3.05) is 4.43 Å². The zero-order valence-electron chi connectivity index (χ0n) is 7.50. The lowest BCUT2D eigenvalue weighted by atomic mass is 10.1. The van der Waals surface area contributed by atoms with Crippen molar-refractivity contribution < 1.29 is 9.63 Å². The number of hydrogen-bond acceptors (Lipinski definition) is 3. The molecule has 0 aliphatic carbocycles. The fourth-order valence-corrected chi connectivity index (χ4v) is 1.43. The van der Waals surface area contributed by atoms with E-state index in [4.69, 9.17) is 5.90 Å². The van der Waals surface area contributed by atoms with Crippen molar-refractivity contribution in [2.24, 2.45) is 5.90 Å². The van der Waals surface area contributed by atoms with Crippen LogP contribution in [0.2, 0.25) is 0 Å². The Balaban J connectivity index is 2.89. The summed E-state index contributed by atoms with van der Waals surface area (Å²) in [5, 5.41) is 0. The molecule has 0 fully saturated rings. The van der Waals surface area contributed by atoms with Crippen LogP contribution in [0.15, 0.2) is 30.8 Å². The minimum Gasteiger partial charge on any atom is -0.370 e. The van der Waals surface area contributed by atoms with E-state index in [1.165, 1.54) is 0 Å². The minimum atomic E-state index is -0.531. The molecule has 1 aromatic carbocycles. The predicted molar refractivity (Wildman–Crippen MR) is 64.0 cm³/mol. The standard InChI is InChI=1S/C10H10INO2/c1-7(6-11)8-2-4-9(5-3-8)10(13)14-12/h2-5H,1,6,12H2. The average Bonchev–Trinajstić information content (AvgIpc) is 2.27. The fraction of sp³-hybridized carbons (Fsp3) is 0.100. The first-order valence-corrected chi connectivity index (χ1v) is 5.47. The van der Waals surface area contributed by atoms with Gasteiger partial charge in [-0.3, -0.25) is 0 Å². The maximum atomic E-state index is 11.0. The summed E-state index contributed by atoms with van der Waals surface area (Å²) >= 11 is 2.24. The zero-order valence-corrected chi connectivity index (χ0v) is 9.65. The van der Waals surface area contributed by atoms with E-state index >= 15 is 0 Å². The van der Waals surface area contributed by atoms with Crippen molar-refractivity contribution in [1.29, 1.82) is 0 Å². The van der Waals surface area contributed by atoms with E-state index in [-0.39, 0.29) is 0 Å². The van der Waals surface area contributed by atoms with E-state index in [1.807, 2.05) is 12.1 Å². The summed E-state index contributed by atoms with van der Waals surface area (Å²) in [5.41, 5.74) is 2.49. The molecule has 1 aromatic rings. The highest BCUT2D eigenvalue weighted by atomic mass is 127. The number of alkyl halides is 1. The Morgan fingerprint density at radius 3 is 2.29 bits per heavy atom. The van der Waals surface area contributed by atoms with Crippen LogP contribution in [0.3, 0.4) is 0 Å². The summed E-state index contributed by atoms with van der Waals surface area (Å²) in [7, 11) is 0. The van der Waals surface area contributed by atoms with E-state index in [0.717, 1.165) is 15.6 Å². The van der Waals surface area contributed by atoms with Crippen LogP contribution >= 0.6 is 22.6 Å². The molecule has 0 amide bonds.